The van der Waals surface area contributed by atoms with Crippen LogP contribution in [0, 0.1) is 19.3 Å². The highest BCUT2D eigenvalue weighted by atomic mass is 16.5. The minimum absolute atomic E-state index is 0.125. The van der Waals surface area contributed by atoms with Crippen LogP contribution in [0.2, 0.25) is 0 Å². The number of anilines is 2. The molecule has 5 nitrogen and oxygen atoms in total. The second kappa shape index (κ2) is 7.31. The predicted octanol–water partition coefficient (Wildman–Crippen LogP) is 5.31. The van der Waals surface area contributed by atoms with Gasteiger partial charge in [0.1, 0.15) is 0 Å². The number of carbonyl (C=O) groups is 2. The van der Waals surface area contributed by atoms with Gasteiger partial charge in [0, 0.05) is 17.7 Å². The van der Waals surface area contributed by atoms with E-state index >= 15 is 0 Å². The van der Waals surface area contributed by atoms with Crippen molar-refractivity contribution in [1.29, 1.82) is 0 Å². The average molecular weight is 405 g/mol. The quantitative estimate of drug-likeness (QED) is 0.664. The lowest BCUT2D eigenvalue weighted by atomic mass is 9.73. The maximum Gasteiger partial charge on any atom is 0.337 e. The Balaban J connectivity index is 1.89. The van der Waals surface area contributed by atoms with E-state index in [9.17, 15) is 9.59 Å². The summed E-state index contributed by atoms with van der Waals surface area (Å²) in [6.45, 7) is 8.39. The van der Waals surface area contributed by atoms with E-state index in [0.717, 1.165) is 40.2 Å². The first-order valence-corrected chi connectivity index (χ1v) is 10.3. The normalized spacial score (nSPS) is 19.8. The van der Waals surface area contributed by atoms with Crippen LogP contribution in [-0.4, -0.2) is 18.9 Å². The Hall–Kier alpha value is -3.08. The molecule has 1 aliphatic heterocycles. The number of nitrogens with one attached hydrogen (secondary N) is 2. The molecule has 0 saturated heterocycles. The maximum atomic E-state index is 13.3. The van der Waals surface area contributed by atoms with Crippen LogP contribution in [0.25, 0.3) is 0 Å². The molecule has 156 valence electrons. The molecule has 30 heavy (non-hydrogen) atoms. The van der Waals surface area contributed by atoms with Gasteiger partial charge in [-0.15, -0.1) is 0 Å². The molecule has 0 amide bonds. The van der Waals surface area contributed by atoms with E-state index in [1.54, 1.807) is 12.1 Å². The van der Waals surface area contributed by atoms with Crippen molar-refractivity contribution in [3.05, 3.63) is 69.9 Å². The number of hydrogen-bond acceptors (Lipinski definition) is 5. The Bertz CT molecular complexity index is 1080. The van der Waals surface area contributed by atoms with Gasteiger partial charge in [0.25, 0.3) is 0 Å². The van der Waals surface area contributed by atoms with Gasteiger partial charge in [-0.05, 0) is 55.0 Å². The smallest absolute Gasteiger partial charge is 0.337 e. The van der Waals surface area contributed by atoms with E-state index in [-0.39, 0.29) is 23.2 Å². The fraction of sp³-hybridized carbons (Fsp3) is 0.360. The van der Waals surface area contributed by atoms with Gasteiger partial charge in [0.2, 0.25) is 0 Å². The highest BCUT2D eigenvalue weighted by Gasteiger charge is 2.39. The van der Waals surface area contributed by atoms with Crippen molar-refractivity contribution in [3.63, 3.8) is 0 Å². The summed E-state index contributed by atoms with van der Waals surface area (Å²) in [6, 6.07) is 11.5. The number of aryl methyl sites for hydroxylation is 2. The number of fused-ring (bicyclic) bond motifs is 1. The predicted molar refractivity (Wildman–Crippen MR) is 119 cm³/mol. The van der Waals surface area contributed by atoms with Crippen LogP contribution in [0.15, 0.2) is 47.7 Å². The standard InChI is InChI=1S/C25H28N2O3/c1-14-6-8-17(15(2)10-14)23-22-20(12-25(3,4)13-21(22)28)26-19-11-16(24(29)30-5)7-9-18(19)27-23/h6-11,23,26-27H,12-13H2,1-5H3. The van der Waals surface area contributed by atoms with Crippen LogP contribution in [0.3, 0.4) is 0 Å². The van der Waals surface area contributed by atoms with Crippen LogP contribution in [0.1, 0.15) is 59.8 Å². The molecule has 0 aromatic heterocycles. The largest absolute Gasteiger partial charge is 0.465 e. The fourth-order valence-electron chi connectivity index (χ4n) is 4.57. The Morgan fingerprint density at radius 1 is 1.07 bits per heavy atom. The number of Topliss-reactive ketones (excluding diaryl/α,β-unsaturated/α-hetero) is 1. The third-order valence-corrected chi connectivity index (χ3v) is 5.97. The maximum absolute atomic E-state index is 13.3. The van der Waals surface area contributed by atoms with Crippen molar-refractivity contribution >= 4 is 23.1 Å². The number of carbonyl (C=O) groups excluding carboxylic acids is 2. The van der Waals surface area contributed by atoms with Crippen molar-refractivity contribution in [2.45, 2.75) is 46.6 Å². The minimum atomic E-state index is -0.385. The summed E-state index contributed by atoms with van der Waals surface area (Å²) in [7, 11) is 1.37. The molecular weight excluding hydrogens is 376 g/mol. The SMILES string of the molecule is COC(=O)c1ccc2c(c1)NC1=C(C(=O)CC(C)(C)C1)C(c1ccc(C)cc1C)N2. The summed E-state index contributed by atoms with van der Waals surface area (Å²) in [5.41, 5.74) is 7.12. The molecule has 5 heteroatoms. The number of hydrogen-bond donors (Lipinski definition) is 2. The van der Waals surface area contributed by atoms with Gasteiger partial charge in [-0.25, -0.2) is 4.79 Å². The molecule has 0 bridgehead atoms. The second-order valence-corrected chi connectivity index (χ2v) is 9.15. The molecule has 2 N–H and O–H groups in total. The van der Waals surface area contributed by atoms with Crippen LogP contribution in [0.5, 0.6) is 0 Å². The van der Waals surface area contributed by atoms with Gasteiger partial charge >= 0.3 is 5.97 Å². The molecule has 2 aliphatic rings. The van der Waals surface area contributed by atoms with Crippen LogP contribution in [0.4, 0.5) is 11.4 Å². The average Bonchev–Trinajstić information content (AvgIpc) is 2.82. The number of allylic oxidation sites excluding steroid dienone is 1. The molecular formula is C25H28N2O3. The Morgan fingerprint density at radius 3 is 2.53 bits per heavy atom. The highest BCUT2D eigenvalue weighted by Crippen LogP contribution is 2.46. The van der Waals surface area contributed by atoms with Crippen LogP contribution in [-0.2, 0) is 9.53 Å². The van der Waals surface area contributed by atoms with Crippen LogP contribution < -0.4 is 10.6 Å². The van der Waals surface area contributed by atoms with E-state index < -0.39 is 0 Å². The number of rotatable bonds is 2. The molecule has 0 saturated carbocycles. The minimum Gasteiger partial charge on any atom is -0.465 e. The van der Waals surface area contributed by atoms with Crippen molar-refractivity contribution in [3.8, 4) is 0 Å². The van der Waals surface area contributed by atoms with Crippen molar-refractivity contribution in [1.82, 2.24) is 0 Å². The Kier molecular flexibility index (Phi) is 4.92. The lowest BCUT2D eigenvalue weighted by molar-refractivity contribution is -0.118. The third kappa shape index (κ3) is 3.60. The van der Waals surface area contributed by atoms with Gasteiger partial charge in [-0.2, -0.15) is 0 Å². The van der Waals surface area contributed by atoms with Crippen molar-refractivity contribution < 1.29 is 14.3 Å². The van der Waals surface area contributed by atoms with E-state index in [1.807, 2.05) is 6.07 Å². The van der Waals surface area contributed by atoms with Gasteiger partial charge < -0.3 is 15.4 Å². The monoisotopic (exact) mass is 404 g/mol. The number of esters is 1. The molecule has 1 aliphatic carbocycles. The summed E-state index contributed by atoms with van der Waals surface area (Å²) >= 11 is 0. The molecule has 1 heterocycles. The lowest BCUT2D eigenvalue weighted by Gasteiger charge is -2.34. The van der Waals surface area contributed by atoms with Gasteiger partial charge in [0.15, 0.2) is 5.78 Å². The molecule has 0 spiro atoms. The number of benzene rings is 2. The first kappa shape index (κ1) is 20.2. The van der Waals surface area contributed by atoms with Crippen LogP contribution >= 0.6 is 0 Å². The molecule has 0 fully saturated rings. The third-order valence-electron chi connectivity index (χ3n) is 5.97. The zero-order valence-corrected chi connectivity index (χ0v) is 18.2. The van der Waals surface area contributed by atoms with Crippen molar-refractivity contribution in [2.75, 3.05) is 17.7 Å². The van der Waals surface area contributed by atoms with Gasteiger partial charge in [0.05, 0.1) is 30.1 Å². The summed E-state index contributed by atoms with van der Waals surface area (Å²) in [5.74, 6) is -0.226. The summed E-state index contributed by atoms with van der Waals surface area (Å²) in [6.07, 6.45) is 1.28. The van der Waals surface area contributed by atoms with Crippen molar-refractivity contribution in [2.24, 2.45) is 5.41 Å². The lowest BCUT2D eigenvalue weighted by Crippen LogP contribution is -2.31. The number of ketones is 1. The molecule has 4 rings (SSSR count). The van der Waals surface area contributed by atoms with Gasteiger partial charge in [-0.3, -0.25) is 4.79 Å². The number of methoxy groups -OCH3 is 1. The highest BCUT2D eigenvalue weighted by molar-refractivity contribution is 6.01. The molecule has 1 atom stereocenters. The summed E-state index contributed by atoms with van der Waals surface area (Å²) in [4.78, 5) is 25.4. The zero-order valence-electron chi connectivity index (χ0n) is 18.2. The number of ether oxygens (including phenoxy) is 1. The van der Waals surface area contributed by atoms with Gasteiger partial charge in [-0.1, -0.05) is 37.6 Å². The first-order valence-electron chi connectivity index (χ1n) is 10.3. The van der Waals surface area contributed by atoms with E-state index in [4.69, 9.17) is 4.74 Å². The molecule has 2 aromatic rings. The molecule has 1 unspecified atom stereocenters. The van der Waals surface area contributed by atoms with E-state index in [2.05, 4.69) is 56.5 Å². The molecule has 0 radical (unpaired) electrons. The fourth-order valence-corrected chi connectivity index (χ4v) is 4.57. The summed E-state index contributed by atoms with van der Waals surface area (Å²) < 4.78 is 4.88. The first-order chi connectivity index (χ1) is 14.2. The topological polar surface area (TPSA) is 67.4 Å². The Morgan fingerprint density at radius 2 is 1.83 bits per heavy atom. The summed E-state index contributed by atoms with van der Waals surface area (Å²) in [5, 5.41) is 7.07. The second-order valence-electron chi connectivity index (χ2n) is 9.15. The Labute approximate surface area is 177 Å². The zero-order chi connectivity index (χ0) is 21.6. The van der Waals surface area contributed by atoms with E-state index in [0.29, 0.717) is 12.0 Å². The molecule has 2 aromatic carbocycles. The van der Waals surface area contributed by atoms with E-state index in [1.165, 1.54) is 12.7 Å².